The maximum atomic E-state index is 10.2. The minimum Gasteiger partial charge on any atom is -0.388 e. The lowest BCUT2D eigenvalue weighted by molar-refractivity contribution is 0.119. The summed E-state index contributed by atoms with van der Waals surface area (Å²) in [7, 11) is 2.18. The fraction of sp³-hybridized carbons (Fsp3) is 0.571. The van der Waals surface area contributed by atoms with Crippen molar-refractivity contribution < 1.29 is 5.11 Å². The van der Waals surface area contributed by atoms with E-state index in [9.17, 15) is 5.11 Å². The number of piperidine rings is 1. The molecular formula is C14H19NO. The second kappa shape index (κ2) is 3.57. The van der Waals surface area contributed by atoms with Gasteiger partial charge in [0.05, 0.1) is 6.10 Å². The molecule has 0 radical (unpaired) electrons. The Morgan fingerprint density at radius 3 is 2.69 bits per heavy atom. The lowest BCUT2D eigenvalue weighted by Gasteiger charge is -2.38. The van der Waals surface area contributed by atoms with Crippen LogP contribution in [0.5, 0.6) is 0 Å². The molecular weight excluding hydrogens is 198 g/mol. The van der Waals surface area contributed by atoms with Crippen LogP contribution < -0.4 is 0 Å². The first-order valence-corrected chi connectivity index (χ1v) is 6.17. The van der Waals surface area contributed by atoms with Gasteiger partial charge < -0.3 is 10.0 Å². The molecule has 1 heterocycles. The second-order valence-corrected chi connectivity index (χ2v) is 5.39. The Kier molecular flexibility index (Phi) is 2.30. The third-order valence-corrected chi connectivity index (χ3v) is 4.42. The summed E-state index contributed by atoms with van der Waals surface area (Å²) < 4.78 is 0. The van der Waals surface area contributed by atoms with Crippen LogP contribution in [0.25, 0.3) is 0 Å². The maximum Gasteiger partial charge on any atom is 0.0801 e. The number of aliphatic hydroxyl groups is 1. The minimum atomic E-state index is -0.236. The van der Waals surface area contributed by atoms with E-state index in [2.05, 4.69) is 30.1 Å². The number of hydrogen-bond acceptors (Lipinski definition) is 2. The Morgan fingerprint density at radius 2 is 1.94 bits per heavy atom. The van der Waals surface area contributed by atoms with Crippen molar-refractivity contribution in [3.63, 3.8) is 0 Å². The van der Waals surface area contributed by atoms with Gasteiger partial charge in [0, 0.05) is 5.41 Å². The number of nitrogens with zero attached hydrogens (tertiary/aromatic N) is 1. The normalized spacial score (nSPS) is 28.2. The Labute approximate surface area is 96.9 Å². The van der Waals surface area contributed by atoms with E-state index >= 15 is 0 Å². The molecule has 1 aromatic rings. The summed E-state index contributed by atoms with van der Waals surface area (Å²) in [4.78, 5) is 2.39. The molecule has 1 unspecified atom stereocenters. The van der Waals surface area contributed by atoms with E-state index in [1.165, 1.54) is 24.0 Å². The maximum absolute atomic E-state index is 10.2. The van der Waals surface area contributed by atoms with Gasteiger partial charge in [-0.05, 0) is 50.5 Å². The highest BCUT2D eigenvalue weighted by molar-refractivity contribution is 5.41. The smallest absolute Gasteiger partial charge is 0.0801 e. The molecule has 0 amide bonds. The van der Waals surface area contributed by atoms with Gasteiger partial charge in [0.15, 0.2) is 0 Å². The average Bonchev–Trinajstić information content (AvgIpc) is 2.58. The molecule has 1 aliphatic heterocycles. The van der Waals surface area contributed by atoms with E-state index in [1.807, 2.05) is 6.07 Å². The van der Waals surface area contributed by atoms with E-state index in [0.29, 0.717) is 0 Å². The molecule has 1 aromatic carbocycles. The van der Waals surface area contributed by atoms with E-state index in [0.717, 1.165) is 19.5 Å². The predicted molar refractivity (Wildman–Crippen MR) is 64.4 cm³/mol. The molecule has 86 valence electrons. The van der Waals surface area contributed by atoms with Crippen LogP contribution in [0.4, 0.5) is 0 Å². The molecule has 1 aliphatic carbocycles. The summed E-state index contributed by atoms with van der Waals surface area (Å²) in [6, 6.07) is 8.46. The lowest BCUT2D eigenvalue weighted by Crippen LogP contribution is -2.39. The van der Waals surface area contributed by atoms with Crippen LogP contribution in [0.2, 0.25) is 0 Å². The molecule has 3 rings (SSSR count). The van der Waals surface area contributed by atoms with Crippen LogP contribution in [0.15, 0.2) is 24.3 Å². The highest BCUT2D eigenvalue weighted by Crippen LogP contribution is 2.50. The van der Waals surface area contributed by atoms with Crippen molar-refractivity contribution in [2.75, 3.05) is 20.1 Å². The van der Waals surface area contributed by atoms with Crippen molar-refractivity contribution in [3.05, 3.63) is 35.4 Å². The number of rotatable bonds is 0. The second-order valence-electron chi connectivity index (χ2n) is 5.39. The van der Waals surface area contributed by atoms with Gasteiger partial charge >= 0.3 is 0 Å². The van der Waals surface area contributed by atoms with Crippen LogP contribution >= 0.6 is 0 Å². The summed E-state index contributed by atoms with van der Waals surface area (Å²) >= 11 is 0. The van der Waals surface area contributed by atoms with Crippen molar-refractivity contribution in [3.8, 4) is 0 Å². The van der Waals surface area contributed by atoms with Crippen LogP contribution in [-0.2, 0) is 5.41 Å². The number of hydrogen-bond donors (Lipinski definition) is 1. The summed E-state index contributed by atoms with van der Waals surface area (Å²) in [6.45, 7) is 2.31. The molecule has 1 N–H and O–H groups in total. The number of fused-ring (bicyclic) bond motifs is 2. The summed E-state index contributed by atoms with van der Waals surface area (Å²) in [5, 5.41) is 10.2. The zero-order valence-electron chi connectivity index (χ0n) is 9.82. The van der Waals surface area contributed by atoms with Gasteiger partial charge in [-0.2, -0.15) is 0 Å². The fourth-order valence-electron chi connectivity index (χ4n) is 3.38. The monoisotopic (exact) mass is 217 g/mol. The van der Waals surface area contributed by atoms with E-state index < -0.39 is 0 Å². The molecule has 2 aliphatic rings. The van der Waals surface area contributed by atoms with E-state index in [-0.39, 0.29) is 11.5 Å². The first-order valence-electron chi connectivity index (χ1n) is 6.17. The Bertz CT molecular complexity index is 393. The summed E-state index contributed by atoms with van der Waals surface area (Å²) in [5.74, 6) is 0. The van der Waals surface area contributed by atoms with Gasteiger partial charge in [-0.25, -0.2) is 0 Å². The molecule has 2 nitrogen and oxygen atoms in total. The molecule has 1 fully saturated rings. The van der Waals surface area contributed by atoms with Gasteiger partial charge in [-0.1, -0.05) is 24.3 Å². The van der Waals surface area contributed by atoms with Crippen molar-refractivity contribution >= 4 is 0 Å². The summed E-state index contributed by atoms with van der Waals surface area (Å²) in [6.07, 6.45) is 3.08. The molecule has 0 bridgehead atoms. The first kappa shape index (κ1) is 10.3. The largest absolute Gasteiger partial charge is 0.388 e. The van der Waals surface area contributed by atoms with Crippen molar-refractivity contribution in [2.24, 2.45) is 0 Å². The van der Waals surface area contributed by atoms with Crippen molar-refractivity contribution in [1.82, 2.24) is 4.90 Å². The molecule has 0 saturated carbocycles. The standard InChI is InChI=1S/C14H19NO/c1-15-8-6-14(7-9-15)10-13(16)11-4-2-3-5-12(11)14/h2-5,13,16H,6-10H2,1H3. The van der Waals surface area contributed by atoms with E-state index in [1.54, 1.807) is 0 Å². The van der Waals surface area contributed by atoms with Crippen molar-refractivity contribution in [1.29, 1.82) is 0 Å². The number of aliphatic hydroxyl groups excluding tert-OH is 1. The van der Waals surface area contributed by atoms with Crippen LogP contribution in [0, 0.1) is 0 Å². The molecule has 2 heteroatoms. The predicted octanol–water partition coefficient (Wildman–Crippen LogP) is 2.09. The quantitative estimate of drug-likeness (QED) is 0.719. The third-order valence-electron chi connectivity index (χ3n) is 4.42. The summed E-state index contributed by atoms with van der Waals surface area (Å²) in [5.41, 5.74) is 2.85. The topological polar surface area (TPSA) is 23.5 Å². The molecule has 16 heavy (non-hydrogen) atoms. The Hall–Kier alpha value is -0.860. The average molecular weight is 217 g/mol. The zero-order valence-corrected chi connectivity index (χ0v) is 9.82. The van der Waals surface area contributed by atoms with Gasteiger partial charge in [-0.15, -0.1) is 0 Å². The third kappa shape index (κ3) is 1.40. The van der Waals surface area contributed by atoms with E-state index in [4.69, 9.17) is 0 Å². The van der Waals surface area contributed by atoms with Crippen LogP contribution in [-0.4, -0.2) is 30.1 Å². The lowest BCUT2D eigenvalue weighted by atomic mass is 9.74. The molecule has 0 aromatic heterocycles. The van der Waals surface area contributed by atoms with Gasteiger partial charge in [0.1, 0.15) is 0 Å². The molecule has 1 saturated heterocycles. The minimum absolute atomic E-state index is 0.236. The number of benzene rings is 1. The fourth-order valence-corrected chi connectivity index (χ4v) is 3.38. The molecule has 1 spiro atoms. The van der Waals surface area contributed by atoms with Crippen LogP contribution in [0.3, 0.4) is 0 Å². The highest BCUT2D eigenvalue weighted by atomic mass is 16.3. The van der Waals surface area contributed by atoms with Gasteiger partial charge in [0.25, 0.3) is 0 Å². The molecule has 1 atom stereocenters. The Balaban J connectivity index is 1.99. The zero-order chi connectivity index (χ0) is 11.2. The first-order chi connectivity index (χ1) is 7.71. The Morgan fingerprint density at radius 1 is 1.25 bits per heavy atom. The van der Waals surface area contributed by atoms with Crippen molar-refractivity contribution in [2.45, 2.75) is 30.8 Å². The van der Waals surface area contributed by atoms with Gasteiger partial charge in [-0.3, -0.25) is 0 Å². The van der Waals surface area contributed by atoms with Crippen LogP contribution in [0.1, 0.15) is 36.5 Å². The van der Waals surface area contributed by atoms with Gasteiger partial charge in [0.2, 0.25) is 0 Å². The SMILES string of the molecule is CN1CCC2(CC1)CC(O)c1ccccc12. The highest BCUT2D eigenvalue weighted by Gasteiger charge is 2.44. The number of likely N-dealkylation sites (tertiary alicyclic amines) is 1.